The molecule has 0 saturated carbocycles. The van der Waals surface area contributed by atoms with Gasteiger partial charge >= 0.3 is 5.97 Å². The molecule has 2 rings (SSSR count). The highest BCUT2D eigenvalue weighted by molar-refractivity contribution is 6.29. The van der Waals surface area contributed by atoms with E-state index in [9.17, 15) is 4.79 Å². The summed E-state index contributed by atoms with van der Waals surface area (Å²) in [5.74, 6) is -0.0417. The van der Waals surface area contributed by atoms with Gasteiger partial charge in [-0.2, -0.15) is 0 Å². The second-order valence-corrected chi connectivity index (χ2v) is 4.86. The second-order valence-electron chi connectivity index (χ2n) is 4.47. The molecule has 0 radical (unpaired) electrons. The molecule has 0 aliphatic heterocycles. The Morgan fingerprint density at radius 1 is 1.29 bits per heavy atom. The minimum atomic E-state index is -1.05. The number of methoxy groups -OCH3 is 1. The van der Waals surface area contributed by atoms with Crippen LogP contribution in [0, 0.1) is 0 Å². The Labute approximate surface area is 127 Å². The average Bonchev–Trinajstić information content (AvgIpc) is 2.47. The van der Waals surface area contributed by atoms with E-state index in [0.717, 1.165) is 11.3 Å². The van der Waals surface area contributed by atoms with E-state index in [-0.39, 0.29) is 22.6 Å². The van der Waals surface area contributed by atoms with Gasteiger partial charge in [0.1, 0.15) is 22.3 Å². The molecule has 1 aromatic carbocycles. The molecular weight excluding hydrogens is 292 g/mol. The van der Waals surface area contributed by atoms with Crippen LogP contribution in [0.25, 0.3) is 0 Å². The molecule has 2 N–H and O–H groups in total. The molecule has 5 nitrogen and oxygen atoms in total. The van der Waals surface area contributed by atoms with Crippen molar-refractivity contribution in [1.29, 1.82) is 0 Å². The Morgan fingerprint density at radius 3 is 2.52 bits per heavy atom. The predicted molar refractivity (Wildman–Crippen MR) is 81.2 cm³/mol. The molecule has 1 aromatic heterocycles. The minimum absolute atomic E-state index is 0.0831. The highest BCUT2D eigenvalue weighted by atomic mass is 35.5. The van der Waals surface area contributed by atoms with Crippen LogP contribution in [-0.2, 0) is 0 Å². The zero-order valence-electron chi connectivity index (χ0n) is 11.6. The highest BCUT2D eigenvalue weighted by Crippen LogP contribution is 2.24. The largest absolute Gasteiger partial charge is 0.497 e. The zero-order valence-corrected chi connectivity index (χ0v) is 12.4. The molecule has 2 aromatic rings. The average molecular weight is 307 g/mol. The van der Waals surface area contributed by atoms with Gasteiger partial charge in [0, 0.05) is 6.04 Å². The van der Waals surface area contributed by atoms with E-state index in [2.05, 4.69) is 10.3 Å². The van der Waals surface area contributed by atoms with E-state index < -0.39 is 5.97 Å². The number of nitrogens with one attached hydrogen (secondary N) is 1. The Kier molecular flexibility index (Phi) is 4.65. The SMILES string of the molecule is COc1ccc(C(C)Nc2nc(Cl)ccc2C(=O)O)cc1. The summed E-state index contributed by atoms with van der Waals surface area (Å²) in [4.78, 5) is 15.2. The molecule has 0 fully saturated rings. The molecule has 1 unspecified atom stereocenters. The Bertz CT molecular complexity index is 644. The molecule has 21 heavy (non-hydrogen) atoms. The van der Waals surface area contributed by atoms with Crippen LogP contribution in [0.5, 0.6) is 5.75 Å². The van der Waals surface area contributed by atoms with E-state index in [1.165, 1.54) is 12.1 Å². The summed E-state index contributed by atoms with van der Waals surface area (Å²) in [5.41, 5.74) is 1.06. The van der Waals surface area contributed by atoms with Gasteiger partial charge in [-0.15, -0.1) is 0 Å². The molecule has 0 amide bonds. The predicted octanol–water partition coefficient (Wildman–Crippen LogP) is 3.61. The normalized spacial score (nSPS) is 11.8. The van der Waals surface area contributed by atoms with Crippen LogP contribution in [0.15, 0.2) is 36.4 Å². The monoisotopic (exact) mass is 306 g/mol. The lowest BCUT2D eigenvalue weighted by Gasteiger charge is -2.17. The van der Waals surface area contributed by atoms with Gasteiger partial charge in [0.05, 0.1) is 7.11 Å². The maximum absolute atomic E-state index is 11.2. The number of benzene rings is 1. The molecule has 110 valence electrons. The number of nitrogens with zero attached hydrogens (tertiary/aromatic N) is 1. The lowest BCUT2D eigenvalue weighted by atomic mass is 10.1. The van der Waals surface area contributed by atoms with Gasteiger partial charge in [0.15, 0.2) is 0 Å². The van der Waals surface area contributed by atoms with Crippen molar-refractivity contribution < 1.29 is 14.6 Å². The summed E-state index contributed by atoms with van der Waals surface area (Å²) in [6.07, 6.45) is 0. The second kappa shape index (κ2) is 6.45. The number of carbonyl (C=O) groups is 1. The number of pyridine rings is 1. The van der Waals surface area contributed by atoms with E-state index in [0.29, 0.717) is 0 Å². The molecule has 0 saturated heterocycles. The van der Waals surface area contributed by atoms with Gasteiger partial charge in [-0.1, -0.05) is 23.7 Å². The quantitative estimate of drug-likeness (QED) is 0.826. The number of hydrogen-bond donors (Lipinski definition) is 2. The molecule has 0 spiro atoms. The minimum Gasteiger partial charge on any atom is -0.497 e. The van der Waals surface area contributed by atoms with Crippen LogP contribution in [0.2, 0.25) is 5.15 Å². The summed E-state index contributed by atoms with van der Waals surface area (Å²) in [5, 5.41) is 12.5. The van der Waals surface area contributed by atoms with E-state index in [4.69, 9.17) is 21.4 Å². The number of halogens is 1. The fraction of sp³-hybridized carbons (Fsp3) is 0.200. The van der Waals surface area contributed by atoms with Crippen molar-refractivity contribution >= 4 is 23.4 Å². The van der Waals surface area contributed by atoms with Crippen LogP contribution in [0.4, 0.5) is 5.82 Å². The summed E-state index contributed by atoms with van der Waals surface area (Å²) in [6.45, 7) is 1.91. The van der Waals surface area contributed by atoms with Gasteiger partial charge in [-0.3, -0.25) is 0 Å². The van der Waals surface area contributed by atoms with Crippen LogP contribution in [0.1, 0.15) is 28.9 Å². The van der Waals surface area contributed by atoms with Crippen LogP contribution < -0.4 is 10.1 Å². The smallest absolute Gasteiger partial charge is 0.339 e. The maximum atomic E-state index is 11.2. The van der Waals surface area contributed by atoms with Crippen molar-refractivity contribution in [2.75, 3.05) is 12.4 Å². The van der Waals surface area contributed by atoms with Crippen molar-refractivity contribution in [2.45, 2.75) is 13.0 Å². The van der Waals surface area contributed by atoms with Crippen LogP contribution >= 0.6 is 11.6 Å². The lowest BCUT2D eigenvalue weighted by molar-refractivity contribution is 0.0697. The fourth-order valence-corrected chi connectivity index (χ4v) is 2.05. The Balaban J connectivity index is 2.24. The van der Waals surface area contributed by atoms with Gasteiger partial charge < -0.3 is 15.2 Å². The first kappa shape index (κ1) is 15.1. The summed E-state index contributed by atoms with van der Waals surface area (Å²) in [6, 6.07) is 10.3. The highest BCUT2D eigenvalue weighted by Gasteiger charge is 2.15. The molecule has 0 aliphatic rings. The summed E-state index contributed by atoms with van der Waals surface area (Å²) < 4.78 is 5.11. The number of aromatic nitrogens is 1. The molecule has 1 heterocycles. The number of ether oxygens (including phenoxy) is 1. The number of carboxylic acid groups (broad SMARTS) is 1. The maximum Gasteiger partial charge on any atom is 0.339 e. The molecule has 1 atom stereocenters. The Morgan fingerprint density at radius 2 is 1.95 bits per heavy atom. The third kappa shape index (κ3) is 3.64. The molecule has 0 bridgehead atoms. The van der Waals surface area contributed by atoms with Crippen molar-refractivity contribution in [1.82, 2.24) is 4.98 Å². The van der Waals surface area contributed by atoms with E-state index in [1.807, 2.05) is 31.2 Å². The van der Waals surface area contributed by atoms with Crippen LogP contribution in [-0.4, -0.2) is 23.2 Å². The van der Waals surface area contributed by atoms with Crippen molar-refractivity contribution in [3.8, 4) is 5.75 Å². The topological polar surface area (TPSA) is 71.5 Å². The lowest BCUT2D eigenvalue weighted by Crippen LogP contribution is -2.12. The first-order chi connectivity index (χ1) is 10.0. The van der Waals surface area contributed by atoms with Crippen molar-refractivity contribution in [3.63, 3.8) is 0 Å². The molecular formula is C15H15ClN2O3. The van der Waals surface area contributed by atoms with E-state index in [1.54, 1.807) is 7.11 Å². The first-order valence-corrected chi connectivity index (χ1v) is 6.69. The number of hydrogen-bond acceptors (Lipinski definition) is 4. The van der Waals surface area contributed by atoms with E-state index >= 15 is 0 Å². The third-order valence-electron chi connectivity index (χ3n) is 3.06. The third-order valence-corrected chi connectivity index (χ3v) is 3.27. The van der Waals surface area contributed by atoms with Crippen molar-refractivity contribution in [2.24, 2.45) is 0 Å². The van der Waals surface area contributed by atoms with Crippen molar-refractivity contribution in [3.05, 3.63) is 52.7 Å². The first-order valence-electron chi connectivity index (χ1n) is 6.31. The van der Waals surface area contributed by atoms with Gasteiger partial charge in [0.25, 0.3) is 0 Å². The number of anilines is 1. The molecule has 0 aliphatic carbocycles. The summed E-state index contributed by atoms with van der Waals surface area (Å²) >= 11 is 5.83. The number of aromatic carboxylic acids is 1. The standard InChI is InChI=1S/C15H15ClN2O3/c1-9(10-3-5-11(21-2)6-4-10)17-14-12(15(19)20)7-8-13(16)18-14/h3-9H,1-2H3,(H,17,18)(H,19,20). The molecule has 6 heteroatoms. The van der Waals surface area contributed by atoms with Crippen LogP contribution in [0.3, 0.4) is 0 Å². The van der Waals surface area contributed by atoms with Gasteiger partial charge in [-0.25, -0.2) is 9.78 Å². The Hall–Kier alpha value is -2.27. The number of carboxylic acids is 1. The van der Waals surface area contributed by atoms with Gasteiger partial charge in [0.2, 0.25) is 0 Å². The number of rotatable bonds is 5. The van der Waals surface area contributed by atoms with Gasteiger partial charge in [-0.05, 0) is 36.8 Å². The fourth-order valence-electron chi connectivity index (χ4n) is 1.90. The summed E-state index contributed by atoms with van der Waals surface area (Å²) in [7, 11) is 1.60. The zero-order chi connectivity index (χ0) is 15.4.